The van der Waals surface area contributed by atoms with Crippen LogP contribution in [0.25, 0.3) is 0 Å². The Labute approximate surface area is 250 Å². The first-order valence-corrected chi connectivity index (χ1v) is 17.1. The standard InChI is InChI=1S/C37H60O3/c1-4-5-6-7-8-9-10-11-12-13-14-15-16-17-18-19-35(39)40-34-23-22-32-31-21-20-29-28-30(38)24-26-36(29,2)33(31)25-27-37(32,34)3/h11-12,28,31-34H,4-10,13-27H2,1-3H3/b12-11-/t31-,32-,33-,34-,36-,37-/m0/s1/i23D2,34D. The largest absolute Gasteiger partial charge is 0.462 e. The molecule has 3 nitrogen and oxygen atoms in total. The zero-order valence-electron chi connectivity index (χ0n) is 29.0. The molecule has 3 saturated carbocycles. The minimum Gasteiger partial charge on any atom is -0.462 e. The molecule has 0 radical (unpaired) electrons. The van der Waals surface area contributed by atoms with Crippen molar-refractivity contribution in [2.45, 2.75) is 168 Å². The summed E-state index contributed by atoms with van der Waals surface area (Å²) in [5.74, 6) is 0.561. The lowest BCUT2D eigenvalue weighted by atomic mass is 9.47. The fourth-order valence-corrected chi connectivity index (χ4v) is 8.60. The second-order valence-corrected chi connectivity index (χ2v) is 13.9. The van der Waals surface area contributed by atoms with Crippen molar-refractivity contribution in [2.75, 3.05) is 0 Å². The summed E-state index contributed by atoms with van der Waals surface area (Å²) in [6, 6.07) is 0. The Balaban J connectivity index is 1.19. The lowest BCUT2D eigenvalue weighted by molar-refractivity contribution is -0.160. The number of carbonyl (C=O) groups excluding carboxylic acids is 2. The summed E-state index contributed by atoms with van der Waals surface area (Å²) in [5.41, 5.74) is 0.592. The van der Waals surface area contributed by atoms with E-state index in [1.54, 1.807) is 0 Å². The van der Waals surface area contributed by atoms with Crippen LogP contribution in [-0.2, 0) is 14.3 Å². The highest BCUT2D eigenvalue weighted by atomic mass is 16.5. The normalized spacial score (nSPS) is 37.6. The van der Waals surface area contributed by atoms with Crippen LogP contribution in [0.3, 0.4) is 0 Å². The van der Waals surface area contributed by atoms with Gasteiger partial charge in [0.2, 0.25) is 0 Å². The number of unbranched alkanes of at least 4 members (excludes halogenated alkanes) is 11. The van der Waals surface area contributed by atoms with Crippen molar-refractivity contribution < 1.29 is 18.4 Å². The lowest BCUT2D eigenvalue weighted by Crippen LogP contribution is -2.51. The third kappa shape index (κ3) is 7.71. The third-order valence-corrected chi connectivity index (χ3v) is 11.2. The molecule has 226 valence electrons. The molecule has 0 bridgehead atoms. The molecule has 0 aliphatic heterocycles. The molecular weight excluding hydrogens is 492 g/mol. The number of allylic oxidation sites excluding steroid dienone is 3. The number of rotatable bonds is 16. The quantitative estimate of drug-likeness (QED) is 0.108. The van der Waals surface area contributed by atoms with Gasteiger partial charge in [-0.2, -0.15) is 0 Å². The molecule has 4 rings (SSSR count). The minimum atomic E-state index is -1.88. The fraction of sp³-hybridized carbons (Fsp3) is 0.838. The molecule has 4 aliphatic carbocycles. The first-order valence-electron chi connectivity index (χ1n) is 18.6. The molecule has 0 aromatic heterocycles. The van der Waals surface area contributed by atoms with Crippen molar-refractivity contribution in [1.29, 1.82) is 0 Å². The Morgan fingerprint density at radius 1 is 0.925 bits per heavy atom. The molecule has 6 atom stereocenters. The van der Waals surface area contributed by atoms with E-state index in [1.807, 2.05) is 13.0 Å². The highest BCUT2D eigenvalue weighted by molar-refractivity contribution is 5.91. The lowest BCUT2D eigenvalue weighted by Gasteiger charge is -2.57. The Morgan fingerprint density at radius 2 is 1.60 bits per heavy atom. The molecule has 40 heavy (non-hydrogen) atoms. The number of esters is 1. The highest BCUT2D eigenvalue weighted by Crippen LogP contribution is 2.65. The van der Waals surface area contributed by atoms with Crippen LogP contribution in [0, 0.1) is 28.6 Å². The van der Waals surface area contributed by atoms with E-state index in [0.29, 0.717) is 24.7 Å². The number of carbonyl (C=O) groups is 2. The van der Waals surface area contributed by atoms with Gasteiger partial charge in [-0.1, -0.05) is 89.9 Å². The van der Waals surface area contributed by atoms with Crippen LogP contribution in [0.4, 0.5) is 0 Å². The van der Waals surface area contributed by atoms with Crippen molar-refractivity contribution in [1.82, 2.24) is 0 Å². The van der Waals surface area contributed by atoms with Gasteiger partial charge in [0, 0.05) is 21.0 Å². The average molecular weight is 556 g/mol. The molecular formula is C37H60O3. The van der Waals surface area contributed by atoms with Crippen LogP contribution in [0.15, 0.2) is 23.8 Å². The zero-order valence-corrected chi connectivity index (χ0v) is 26.0. The van der Waals surface area contributed by atoms with Gasteiger partial charge in [0.15, 0.2) is 5.78 Å². The van der Waals surface area contributed by atoms with Gasteiger partial charge in [-0.25, -0.2) is 0 Å². The molecule has 4 aliphatic rings. The second kappa shape index (κ2) is 15.2. The first-order chi connectivity index (χ1) is 20.5. The van der Waals surface area contributed by atoms with Crippen molar-refractivity contribution in [3.05, 3.63) is 23.8 Å². The predicted molar refractivity (Wildman–Crippen MR) is 166 cm³/mol. The van der Waals surface area contributed by atoms with Crippen LogP contribution >= 0.6 is 0 Å². The van der Waals surface area contributed by atoms with Gasteiger partial charge < -0.3 is 4.74 Å². The van der Waals surface area contributed by atoms with Crippen molar-refractivity contribution in [3.63, 3.8) is 0 Å². The van der Waals surface area contributed by atoms with E-state index >= 15 is 0 Å². The van der Waals surface area contributed by atoms with Crippen LogP contribution in [0.5, 0.6) is 0 Å². The molecule has 0 aromatic carbocycles. The summed E-state index contributed by atoms with van der Waals surface area (Å²) in [7, 11) is 0. The molecule has 0 heterocycles. The summed E-state index contributed by atoms with van der Waals surface area (Å²) in [6.07, 6.45) is 23.8. The monoisotopic (exact) mass is 555 g/mol. The summed E-state index contributed by atoms with van der Waals surface area (Å²) in [5, 5.41) is 0. The maximum atomic E-state index is 13.0. The van der Waals surface area contributed by atoms with Gasteiger partial charge in [-0.15, -0.1) is 0 Å². The van der Waals surface area contributed by atoms with Gasteiger partial charge in [0.05, 0.1) is 1.37 Å². The summed E-state index contributed by atoms with van der Waals surface area (Å²) in [4.78, 5) is 25.2. The van der Waals surface area contributed by atoms with E-state index in [0.717, 1.165) is 57.8 Å². The molecule has 0 N–H and O–H groups in total. The third-order valence-electron chi connectivity index (χ3n) is 11.2. The summed E-state index contributed by atoms with van der Waals surface area (Å²) in [6.45, 7) is 6.60. The zero-order chi connectivity index (χ0) is 31.1. The van der Waals surface area contributed by atoms with Crippen molar-refractivity contribution >= 4 is 11.8 Å². The number of hydrogen-bond acceptors (Lipinski definition) is 3. The van der Waals surface area contributed by atoms with Crippen molar-refractivity contribution in [3.8, 4) is 0 Å². The number of ether oxygens (including phenoxy) is 1. The van der Waals surface area contributed by atoms with Gasteiger partial charge >= 0.3 is 5.97 Å². The van der Waals surface area contributed by atoms with Gasteiger partial charge in [0.1, 0.15) is 6.08 Å². The second-order valence-electron chi connectivity index (χ2n) is 13.9. The van der Waals surface area contributed by atoms with E-state index in [9.17, 15) is 11.0 Å². The molecule has 3 fully saturated rings. The molecule has 0 saturated heterocycles. The molecule has 0 spiro atoms. The topological polar surface area (TPSA) is 43.4 Å². The maximum Gasteiger partial charge on any atom is 0.306 e. The number of fused-ring (bicyclic) bond motifs is 5. The highest BCUT2D eigenvalue weighted by Gasteiger charge is 2.59. The molecule has 0 aromatic rings. The van der Waals surface area contributed by atoms with Crippen molar-refractivity contribution in [2.24, 2.45) is 28.6 Å². The summed E-state index contributed by atoms with van der Waals surface area (Å²) < 4.78 is 33.2. The Kier molecular flexibility index (Phi) is 10.4. The fourth-order valence-electron chi connectivity index (χ4n) is 8.60. The van der Waals surface area contributed by atoms with Crippen LogP contribution in [0.2, 0.25) is 0 Å². The number of hydrogen-bond donors (Lipinski definition) is 0. The molecule has 0 amide bonds. The summed E-state index contributed by atoms with van der Waals surface area (Å²) >= 11 is 0. The first kappa shape index (κ1) is 27.5. The van der Waals surface area contributed by atoms with Gasteiger partial charge in [0.25, 0.3) is 0 Å². The van der Waals surface area contributed by atoms with E-state index in [2.05, 4.69) is 26.0 Å². The predicted octanol–water partition coefficient (Wildman–Crippen LogP) is 10.5. The van der Waals surface area contributed by atoms with Gasteiger partial charge in [-0.05, 0) is 106 Å². The maximum absolute atomic E-state index is 13.0. The SMILES string of the molecule is [2H]C1([2H])C[C@H]2[C@@H]3CCC4=CC(=O)CC[C@]4(C)[C@H]3CC[C@]2(C)[C@@]1([2H])OC(=O)CCCCCCC/C=C\CCCCCCCC. The average Bonchev–Trinajstić information content (AvgIpc) is 3.12. The molecule has 0 unspecified atom stereocenters. The Hall–Kier alpha value is -1.38. The van der Waals surface area contributed by atoms with Crippen LogP contribution in [0.1, 0.15) is 166 Å². The van der Waals surface area contributed by atoms with Crippen LogP contribution < -0.4 is 0 Å². The molecule has 3 heteroatoms. The van der Waals surface area contributed by atoms with E-state index in [4.69, 9.17) is 7.48 Å². The van der Waals surface area contributed by atoms with Crippen LogP contribution in [-0.4, -0.2) is 17.8 Å². The Bertz CT molecular complexity index is 1020. The smallest absolute Gasteiger partial charge is 0.306 e. The van der Waals surface area contributed by atoms with E-state index < -0.39 is 23.8 Å². The van der Waals surface area contributed by atoms with Gasteiger partial charge in [-0.3, -0.25) is 9.59 Å². The van der Waals surface area contributed by atoms with E-state index in [1.165, 1.54) is 56.9 Å². The number of ketones is 1. The van der Waals surface area contributed by atoms with E-state index in [-0.39, 0.29) is 30.0 Å². The Morgan fingerprint density at radius 3 is 2.33 bits per heavy atom. The minimum absolute atomic E-state index is 0.00133.